The highest BCUT2D eigenvalue weighted by Crippen LogP contribution is 2.17. The van der Waals surface area contributed by atoms with Gasteiger partial charge in [0.25, 0.3) is 0 Å². The molecule has 0 aliphatic rings. The molecule has 0 spiro atoms. The molecule has 6 nitrogen and oxygen atoms in total. The topological polar surface area (TPSA) is 95.5 Å². The van der Waals surface area contributed by atoms with Crippen LogP contribution in [0.5, 0.6) is 0 Å². The highest BCUT2D eigenvalue weighted by molar-refractivity contribution is 7.89. The summed E-state index contributed by atoms with van der Waals surface area (Å²) in [5, 5.41) is 12.4. The smallest absolute Gasteiger partial charge is 0.335 e. The second-order valence-corrected chi connectivity index (χ2v) is 8.38. The molecule has 9 heteroatoms. The first-order valence-corrected chi connectivity index (χ1v) is 10.4. The van der Waals surface area contributed by atoms with Crippen molar-refractivity contribution in [1.82, 2.24) is 4.72 Å². The van der Waals surface area contributed by atoms with Crippen molar-refractivity contribution in [3.63, 3.8) is 0 Å². The number of sulfonamides is 1. The van der Waals surface area contributed by atoms with Gasteiger partial charge >= 0.3 is 5.97 Å². The molecule has 0 saturated heterocycles. The second kappa shape index (κ2) is 9.27. The molecule has 2 aromatic carbocycles. The van der Waals surface area contributed by atoms with E-state index in [9.17, 15) is 13.2 Å². The molecule has 0 radical (unpaired) electrons. The lowest BCUT2D eigenvalue weighted by atomic mass is 10.1. The molecule has 0 bridgehead atoms. The predicted molar refractivity (Wildman–Crippen MR) is 110 cm³/mol. The van der Waals surface area contributed by atoms with E-state index in [4.69, 9.17) is 28.9 Å². The molecule has 3 N–H and O–H groups in total. The third-order valence-corrected chi connectivity index (χ3v) is 5.82. The van der Waals surface area contributed by atoms with E-state index in [1.165, 1.54) is 36.4 Å². The number of carboxylic acid groups (broad SMARTS) is 1. The fourth-order valence-corrected chi connectivity index (χ4v) is 4.10. The summed E-state index contributed by atoms with van der Waals surface area (Å²) in [7, 11) is -3.79. The molecule has 0 heterocycles. The summed E-state index contributed by atoms with van der Waals surface area (Å²) in [6.07, 6.45) is 1.18. The molecular weight excluding hydrogens is 408 g/mol. The molecule has 0 aromatic heterocycles. The molecule has 1 atom stereocenters. The standard InChI is InChI=1S/C18H19ClN2O4S2/c1-2-4-16(21-27(24,25)15-9-7-13(19)8-10-15)17(26)20-14-6-3-5-12(11-14)18(22)23/h3,5-11,16,21H,2,4H2,1H3,(H,20,26)(H,22,23). The Labute approximate surface area is 168 Å². The molecular formula is C18H19ClN2O4S2. The summed E-state index contributed by atoms with van der Waals surface area (Å²) in [6, 6.07) is 11.3. The maximum Gasteiger partial charge on any atom is 0.335 e. The molecule has 0 saturated carbocycles. The fraction of sp³-hybridized carbons (Fsp3) is 0.222. The Morgan fingerprint density at radius 2 is 1.89 bits per heavy atom. The molecule has 0 aliphatic heterocycles. The number of thiocarbonyl (C=S) groups is 1. The zero-order valence-electron chi connectivity index (χ0n) is 14.5. The number of rotatable bonds is 8. The van der Waals surface area contributed by atoms with E-state index in [1.807, 2.05) is 6.92 Å². The van der Waals surface area contributed by atoms with Crippen LogP contribution in [0.4, 0.5) is 5.69 Å². The van der Waals surface area contributed by atoms with Crippen molar-refractivity contribution >= 4 is 50.5 Å². The van der Waals surface area contributed by atoms with Crippen molar-refractivity contribution in [3.8, 4) is 0 Å². The third kappa shape index (κ3) is 6.00. The Bertz CT molecular complexity index is 931. The maximum atomic E-state index is 12.6. The van der Waals surface area contributed by atoms with Crippen LogP contribution in [0, 0.1) is 0 Å². The minimum absolute atomic E-state index is 0.0867. The van der Waals surface area contributed by atoms with E-state index in [0.29, 0.717) is 23.6 Å². The number of carbonyl (C=O) groups is 1. The van der Waals surface area contributed by atoms with Crippen LogP contribution in [-0.4, -0.2) is 30.5 Å². The number of halogens is 1. The van der Waals surface area contributed by atoms with Gasteiger partial charge in [0.1, 0.15) is 0 Å². The highest BCUT2D eigenvalue weighted by atomic mass is 35.5. The summed E-state index contributed by atoms with van der Waals surface area (Å²) in [4.78, 5) is 11.4. The van der Waals surface area contributed by atoms with E-state index in [2.05, 4.69) is 10.0 Å². The number of carboxylic acids is 1. The summed E-state index contributed by atoms with van der Waals surface area (Å²) in [6.45, 7) is 1.91. The molecule has 2 rings (SSSR count). The lowest BCUT2D eigenvalue weighted by Crippen LogP contribution is -2.42. The lowest BCUT2D eigenvalue weighted by molar-refractivity contribution is 0.0697. The van der Waals surface area contributed by atoms with Crippen molar-refractivity contribution in [3.05, 3.63) is 59.1 Å². The third-order valence-electron chi connectivity index (χ3n) is 3.69. The van der Waals surface area contributed by atoms with E-state index in [0.717, 1.165) is 0 Å². The van der Waals surface area contributed by atoms with Gasteiger partial charge in [0.05, 0.1) is 21.5 Å². The van der Waals surface area contributed by atoms with E-state index in [-0.39, 0.29) is 15.4 Å². The Hall–Kier alpha value is -2.00. The van der Waals surface area contributed by atoms with Crippen LogP contribution >= 0.6 is 23.8 Å². The monoisotopic (exact) mass is 426 g/mol. The average molecular weight is 427 g/mol. The highest BCUT2D eigenvalue weighted by Gasteiger charge is 2.23. The van der Waals surface area contributed by atoms with E-state index >= 15 is 0 Å². The van der Waals surface area contributed by atoms with Gasteiger partial charge in [-0.15, -0.1) is 0 Å². The summed E-state index contributed by atoms with van der Waals surface area (Å²) in [5.41, 5.74) is 0.586. The zero-order chi connectivity index (χ0) is 20.0. The largest absolute Gasteiger partial charge is 0.478 e. The number of hydrogen-bond acceptors (Lipinski definition) is 4. The Kier molecular flexibility index (Phi) is 7.32. The molecule has 2 aromatic rings. The van der Waals surface area contributed by atoms with Crippen molar-refractivity contribution in [2.75, 3.05) is 5.32 Å². The quantitative estimate of drug-likeness (QED) is 0.553. The maximum absolute atomic E-state index is 12.6. The van der Waals surface area contributed by atoms with E-state index in [1.54, 1.807) is 12.1 Å². The van der Waals surface area contributed by atoms with Crippen LogP contribution in [0.25, 0.3) is 0 Å². The van der Waals surface area contributed by atoms with Crippen LogP contribution in [0.15, 0.2) is 53.4 Å². The van der Waals surface area contributed by atoms with Crippen LogP contribution in [0.3, 0.4) is 0 Å². The minimum Gasteiger partial charge on any atom is -0.478 e. The van der Waals surface area contributed by atoms with Crippen molar-refractivity contribution < 1.29 is 18.3 Å². The van der Waals surface area contributed by atoms with Crippen molar-refractivity contribution in [1.29, 1.82) is 0 Å². The number of nitrogens with one attached hydrogen (secondary N) is 2. The summed E-state index contributed by atoms with van der Waals surface area (Å²) in [5.74, 6) is -1.06. The number of aromatic carboxylic acids is 1. The average Bonchev–Trinajstić information content (AvgIpc) is 2.61. The lowest BCUT2D eigenvalue weighted by Gasteiger charge is -2.20. The first-order valence-electron chi connectivity index (χ1n) is 8.15. The van der Waals surface area contributed by atoms with Gasteiger partial charge in [-0.25, -0.2) is 17.9 Å². The van der Waals surface area contributed by atoms with Gasteiger partial charge in [-0.2, -0.15) is 0 Å². The van der Waals surface area contributed by atoms with E-state index < -0.39 is 22.0 Å². The first-order chi connectivity index (χ1) is 12.7. The first kappa shape index (κ1) is 21.3. The Morgan fingerprint density at radius 1 is 1.22 bits per heavy atom. The molecule has 27 heavy (non-hydrogen) atoms. The van der Waals surface area contributed by atoms with Crippen molar-refractivity contribution in [2.45, 2.75) is 30.7 Å². The van der Waals surface area contributed by atoms with Gasteiger partial charge in [0, 0.05) is 10.7 Å². The molecule has 1 unspecified atom stereocenters. The van der Waals surface area contributed by atoms with Gasteiger partial charge in [-0.1, -0.05) is 43.2 Å². The Balaban J connectivity index is 2.18. The molecule has 0 fully saturated rings. The van der Waals surface area contributed by atoms with Crippen LogP contribution < -0.4 is 10.0 Å². The van der Waals surface area contributed by atoms with Gasteiger partial charge in [-0.3, -0.25) is 0 Å². The van der Waals surface area contributed by atoms with Crippen molar-refractivity contribution in [2.24, 2.45) is 0 Å². The normalized spacial score (nSPS) is 12.4. The minimum atomic E-state index is -3.79. The SMILES string of the molecule is CCCC(NS(=O)(=O)c1ccc(Cl)cc1)C(=S)Nc1cccc(C(=O)O)c1. The van der Waals surface area contributed by atoms with Gasteiger partial charge in [0.15, 0.2) is 0 Å². The van der Waals surface area contributed by atoms with Crippen LogP contribution in [0.2, 0.25) is 5.02 Å². The van der Waals surface area contributed by atoms with Gasteiger partial charge in [0.2, 0.25) is 10.0 Å². The van der Waals surface area contributed by atoms with Gasteiger partial charge in [-0.05, 0) is 48.9 Å². The fourth-order valence-electron chi connectivity index (χ4n) is 2.36. The number of anilines is 1. The molecule has 0 aliphatic carbocycles. The summed E-state index contributed by atoms with van der Waals surface area (Å²) < 4.78 is 27.8. The second-order valence-electron chi connectivity index (χ2n) is 5.79. The number of hydrogen-bond donors (Lipinski definition) is 3. The zero-order valence-corrected chi connectivity index (χ0v) is 16.9. The Morgan fingerprint density at radius 3 is 2.48 bits per heavy atom. The summed E-state index contributed by atoms with van der Waals surface area (Å²) >= 11 is 11.2. The number of benzene rings is 2. The van der Waals surface area contributed by atoms with Crippen LogP contribution in [0.1, 0.15) is 30.1 Å². The predicted octanol–water partition coefficient (Wildman–Crippen LogP) is 3.92. The molecule has 144 valence electrons. The molecule has 0 amide bonds. The van der Waals surface area contributed by atoms with Gasteiger partial charge < -0.3 is 10.4 Å². The van der Waals surface area contributed by atoms with Crippen LogP contribution in [-0.2, 0) is 10.0 Å².